The van der Waals surface area contributed by atoms with Gasteiger partial charge in [-0.05, 0) is 56.9 Å². The zero-order valence-electron chi connectivity index (χ0n) is 17.9. The second-order valence-electron chi connectivity index (χ2n) is 7.07. The van der Waals surface area contributed by atoms with Crippen LogP contribution in [0.15, 0.2) is 59.7 Å². The first kappa shape index (κ1) is 23.9. The van der Waals surface area contributed by atoms with Crippen molar-refractivity contribution in [3.63, 3.8) is 0 Å². The van der Waals surface area contributed by atoms with E-state index in [2.05, 4.69) is 69.0 Å². The van der Waals surface area contributed by atoms with Gasteiger partial charge in [0.1, 0.15) is 0 Å². The summed E-state index contributed by atoms with van der Waals surface area (Å²) in [6, 6.07) is 16.7. The fourth-order valence-electron chi connectivity index (χ4n) is 3.15. The summed E-state index contributed by atoms with van der Waals surface area (Å²) in [5.41, 5.74) is 4.50. The van der Waals surface area contributed by atoms with Crippen LogP contribution in [0, 0.1) is 13.8 Å². The number of guanidine groups is 1. The lowest BCUT2D eigenvalue weighted by Gasteiger charge is -2.11. The summed E-state index contributed by atoms with van der Waals surface area (Å²) in [5.74, 6) is 1.66. The van der Waals surface area contributed by atoms with Crippen molar-refractivity contribution < 1.29 is 0 Å². The molecule has 2 aromatic heterocycles. The van der Waals surface area contributed by atoms with Crippen LogP contribution in [-0.4, -0.2) is 33.8 Å². The summed E-state index contributed by atoms with van der Waals surface area (Å²) in [6.45, 7) is 8.40. The van der Waals surface area contributed by atoms with Crippen molar-refractivity contribution in [3.8, 4) is 5.82 Å². The highest BCUT2D eigenvalue weighted by molar-refractivity contribution is 14.0. The Morgan fingerprint density at radius 2 is 1.83 bits per heavy atom. The molecular weight excluding hydrogens is 487 g/mol. The third-order valence-electron chi connectivity index (χ3n) is 4.58. The molecule has 2 heterocycles. The summed E-state index contributed by atoms with van der Waals surface area (Å²) in [7, 11) is 0. The third kappa shape index (κ3) is 7.12. The van der Waals surface area contributed by atoms with Crippen molar-refractivity contribution in [1.82, 2.24) is 25.4 Å². The van der Waals surface area contributed by atoms with Crippen LogP contribution in [0.25, 0.3) is 5.82 Å². The van der Waals surface area contributed by atoms with E-state index in [1.807, 2.05) is 36.9 Å². The molecule has 0 bridgehead atoms. The molecule has 6 nitrogen and oxygen atoms in total. The first-order valence-corrected chi connectivity index (χ1v) is 10.2. The van der Waals surface area contributed by atoms with Gasteiger partial charge in [-0.3, -0.25) is 0 Å². The Hall–Kier alpha value is -2.42. The minimum Gasteiger partial charge on any atom is -0.357 e. The normalized spacial score (nSPS) is 11.1. The standard InChI is InChI=1S/C23H30N6.HI/c1-4-24-23(25-14-8-11-20-9-6-5-7-10-20)27-17-21-12-13-22(26-16-21)29-19(3)15-18(2)28-29;/h5-7,9-10,12-13,15-16H,4,8,11,14,17H2,1-3H3,(H2,24,25,27);1H. The highest BCUT2D eigenvalue weighted by atomic mass is 127. The maximum absolute atomic E-state index is 4.68. The molecule has 0 aliphatic heterocycles. The molecule has 30 heavy (non-hydrogen) atoms. The van der Waals surface area contributed by atoms with Crippen molar-refractivity contribution in [2.45, 2.75) is 40.2 Å². The minimum atomic E-state index is 0. The summed E-state index contributed by atoms with van der Waals surface area (Å²) in [6.07, 6.45) is 3.99. The molecule has 160 valence electrons. The van der Waals surface area contributed by atoms with E-state index in [1.165, 1.54) is 5.56 Å². The van der Waals surface area contributed by atoms with E-state index in [-0.39, 0.29) is 24.0 Å². The number of aryl methyl sites for hydroxylation is 3. The van der Waals surface area contributed by atoms with Crippen LogP contribution in [0.4, 0.5) is 0 Å². The summed E-state index contributed by atoms with van der Waals surface area (Å²) < 4.78 is 1.86. The Kier molecular flexibility index (Phi) is 9.79. The Balaban J connectivity index is 0.00000320. The number of hydrogen-bond donors (Lipinski definition) is 2. The number of hydrogen-bond acceptors (Lipinski definition) is 3. The fraction of sp³-hybridized carbons (Fsp3) is 0.348. The molecule has 0 fully saturated rings. The van der Waals surface area contributed by atoms with E-state index < -0.39 is 0 Å². The van der Waals surface area contributed by atoms with E-state index in [0.717, 1.165) is 54.7 Å². The van der Waals surface area contributed by atoms with Crippen molar-refractivity contribution in [2.24, 2.45) is 4.99 Å². The number of halogens is 1. The Labute approximate surface area is 196 Å². The Morgan fingerprint density at radius 3 is 2.47 bits per heavy atom. The van der Waals surface area contributed by atoms with E-state index in [9.17, 15) is 0 Å². The van der Waals surface area contributed by atoms with Gasteiger partial charge in [-0.2, -0.15) is 5.10 Å². The monoisotopic (exact) mass is 518 g/mol. The van der Waals surface area contributed by atoms with E-state index in [1.54, 1.807) is 0 Å². The summed E-state index contributed by atoms with van der Waals surface area (Å²) in [4.78, 5) is 9.23. The van der Waals surface area contributed by atoms with Crippen molar-refractivity contribution in [1.29, 1.82) is 0 Å². The van der Waals surface area contributed by atoms with Gasteiger partial charge in [-0.15, -0.1) is 24.0 Å². The second kappa shape index (κ2) is 12.3. The molecule has 3 rings (SSSR count). The van der Waals surface area contributed by atoms with Crippen LogP contribution in [0.1, 0.15) is 35.9 Å². The van der Waals surface area contributed by atoms with Crippen molar-refractivity contribution in [3.05, 3.63) is 77.2 Å². The maximum Gasteiger partial charge on any atom is 0.191 e. The van der Waals surface area contributed by atoms with Crippen LogP contribution in [0.5, 0.6) is 0 Å². The summed E-state index contributed by atoms with van der Waals surface area (Å²) in [5, 5.41) is 11.2. The molecule has 0 saturated heterocycles. The first-order chi connectivity index (χ1) is 14.2. The Bertz CT molecular complexity index is 919. The van der Waals surface area contributed by atoms with Crippen LogP contribution in [0.2, 0.25) is 0 Å². The number of aliphatic imine (C=N–C) groups is 1. The number of pyridine rings is 1. The number of nitrogens with one attached hydrogen (secondary N) is 2. The Morgan fingerprint density at radius 1 is 1.03 bits per heavy atom. The molecular formula is C23H31IN6. The summed E-state index contributed by atoms with van der Waals surface area (Å²) >= 11 is 0. The van der Waals surface area contributed by atoms with Gasteiger partial charge in [0.05, 0.1) is 12.2 Å². The average Bonchev–Trinajstić information content (AvgIpc) is 3.08. The SMILES string of the molecule is CCNC(=NCc1ccc(-n2nc(C)cc2C)nc1)NCCCc1ccccc1.I. The molecule has 0 aliphatic rings. The number of aromatic nitrogens is 3. The molecule has 0 saturated carbocycles. The van der Waals surface area contributed by atoms with Crippen molar-refractivity contribution >= 4 is 29.9 Å². The molecule has 1 aromatic carbocycles. The molecule has 0 aliphatic carbocycles. The minimum absolute atomic E-state index is 0. The maximum atomic E-state index is 4.68. The van der Waals surface area contributed by atoms with E-state index in [0.29, 0.717) is 6.54 Å². The topological polar surface area (TPSA) is 67.1 Å². The molecule has 0 spiro atoms. The van der Waals surface area contributed by atoms with E-state index >= 15 is 0 Å². The quantitative estimate of drug-likeness (QED) is 0.203. The van der Waals surface area contributed by atoms with Gasteiger partial charge >= 0.3 is 0 Å². The molecule has 7 heteroatoms. The largest absolute Gasteiger partial charge is 0.357 e. The molecule has 0 radical (unpaired) electrons. The zero-order valence-corrected chi connectivity index (χ0v) is 20.3. The van der Waals surface area contributed by atoms with E-state index in [4.69, 9.17) is 0 Å². The number of rotatable bonds is 8. The van der Waals surface area contributed by atoms with Crippen LogP contribution >= 0.6 is 24.0 Å². The second-order valence-corrected chi connectivity index (χ2v) is 7.07. The lowest BCUT2D eigenvalue weighted by Crippen LogP contribution is -2.37. The van der Waals surface area contributed by atoms with Gasteiger partial charge in [0, 0.05) is 25.0 Å². The predicted molar refractivity (Wildman–Crippen MR) is 134 cm³/mol. The van der Waals surface area contributed by atoms with Gasteiger partial charge in [0.2, 0.25) is 0 Å². The smallest absolute Gasteiger partial charge is 0.191 e. The van der Waals surface area contributed by atoms with Crippen LogP contribution < -0.4 is 10.6 Å². The molecule has 0 atom stereocenters. The lowest BCUT2D eigenvalue weighted by atomic mass is 10.1. The number of benzene rings is 1. The first-order valence-electron chi connectivity index (χ1n) is 10.2. The highest BCUT2D eigenvalue weighted by Crippen LogP contribution is 2.10. The van der Waals surface area contributed by atoms with Gasteiger partial charge in [-0.25, -0.2) is 14.7 Å². The van der Waals surface area contributed by atoms with Crippen LogP contribution in [-0.2, 0) is 13.0 Å². The van der Waals surface area contributed by atoms with Crippen LogP contribution in [0.3, 0.4) is 0 Å². The molecule has 2 N–H and O–H groups in total. The van der Waals surface area contributed by atoms with Crippen molar-refractivity contribution in [2.75, 3.05) is 13.1 Å². The average molecular weight is 518 g/mol. The zero-order chi connectivity index (χ0) is 20.5. The van der Waals surface area contributed by atoms with Gasteiger partial charge in [0.25, 0.3) is 0 Å². The molecule has 3 aromatic rings. The van der Waals surface area contributed by atoms with Gasteiger partial charge in [0.15, 0.2) is 11.8 Å². The number of nitrogens with zero attached hydrogens (tertiary/aromatic N) is 4. The highest BCUT2D eigenvalue weighted by Gasteiger charge is 2.05. The molecule has 0 unspecified atom stereocenters. The van der Waals surface area contributed by atoms with Gasteiger partial charge < -0.3 is 10.6 Å². The fourth-order valence-corrected chi connectivity index (χ4v) is 3.15. The van der Waals surface area contributed by atoms with Gasteiger partial charge in [-0.1, -0.05) is 36.4 Å². The lowest BCUT2D eigenvalue weighted by molar-refractivity contribution is 0.743. The predicted octanol–water partition coefficient (Wildman–Crippen LogP) is 4.19. The third-order valence-corrected chi connectivity index (χ3v) is 4.58. The molecule has 0 amide bonds.